The van der Waals surface area contributed by atoms with E-state index in [0.29, 0.717) is 4.47 Å². The zero-order valence-electron chi connectivity index (χ0n) is 9.65. The molecule has 0 saturated carbocycles. The summed E-state index contributed by atoms with van der Waals surface area (Å²) in [5, 5.41) is 12.1. The number of nitrogens with one attached hydrogen (secondary N) is 1. The van der Waals surface area contributed by atoms with Gasteiger partial charge in [0.05, 0.1) is 11.3 Å². The molecule has 0 aliphatic rings. The van der Waals surface area contributed by atoms with Gasteiger partial charge in [0.2, 0.25) is 0 Å². The molecular formula is C13H10BrFN2O2. The van der Waals surface area contributed by atoms with Gasteiger partial charge in [0.1, 0.15) is 11.6 Å². The number of amides is 1. The summed E-state index contributed by atoms with van der Waals surface area (Å²) in [6, 6.07) is 8.10. The van der Waals surface area contributed by atoms with Gasteiger partial charge in [-0.05, 0) is 36.4 Å². The minimum Gasteiger partial charge on any atom is -0.506 e. The van der Waals surface area contributed by atoms with Crippen LogP contribution in [-0.4, -0.2) is 11.0 Å². The van der Waals surface area contributed by atoms with E-state index in [1.54, 1.807) is 6.07 Å². The topological polar surface area (TPSA) is 75.4 Å². The number of halogens is 2. The normalized spacial score (nSPS) is 10.2. The first-order valence-corrected chi connectivity index (χ1v) is 6.11. The molecule has 0 spiro atoms. The van der Waals surface area contributed by atoms with Crippen LogP contribution < -0.4 is 11.1 Å². The molecular weight excluding hydrogens is 315 g/mol. The van der Waals surface area contributed by atoms with Crippen molar-refractivity contribution in [1.82, 2.24) is 0 Å². The van der Waals surface area contributed by atoms with Crippen molar-refractivity contribution in [1.29, 1.82) is 0 Å². The summed E-state index contributed by atoms with van der Waals surface area (Å²) >= 11 is 3.22. The molecule has 0 saturated heterocycles. The average molecular weight is 325 g/mol. The molecule has 2 aromatic rings. The maximum atomic E-state index is 13.1. The Morgan fingerprint density at radius 3 is 2.74 bits per heavy atom. The van der Waals surface area contributed by atoms with Gasteiger partial charge in [-0.3, -0.25) is 4.79 Å². The highest BCUT2D eigenvalue weighted by atomic mass is 79.9. The monoisotopic (exact) mass is 324 g/mol. The van der Waals surface area contributed by atoms with Crippen molar-refractivity contribution < 1.29 is 14.3 Å². The second kappa shape index (κ2) is 5.27. The predicted octanol–water partition coefficient (Wildman–Crippen LogP) is 3.13. The Labute approximate surface area is 117 Å². The number of anilines is 2. The standard InChI is InChI=1S/C13H10BrFN2O2/c14-7-1-4-12(18)11(5-7)17-13(19)9-6-8(15)2-3-10(9)16/h1-6,18H,16H2,(H,17,19). The van der Waals surface area contributed by atoms with Crippen molar-refractivity contribution in [2.45, 2.75) is 0 Å². The smallest absolute Gasteiger partial charge is 0.257 e. The van der Waals surface area contributed by atoms with Crippen LogP contribution in [0.5, 0.6) is 5.75 Å². The van der Waals surface area contributed by atoms with Gasteiger partial charge in [-0.25, -0.2) is 4.39 Å². The fraction of sp³-hybridized carbons (Fsp3) is 0. The van der Waals surface area contributed by atoms with E-state index in [0.717, 1.165) is 6.07 Å². The first kappa shape index (κ1) is 13.4. The molecule has 19 heavy (non-hydrogen) atoms. The summed E-state index contributed by atoms with van der Waals surface area (Å²) in [5.74, 6) is -1.24. The number of carbonyl (C=O) groups is 1. The van der Waals surface area contributed by atoms with E-state index in [1.807, 2.05) is 0 Å². The molecule has 0 bridgehead atoms. The van der Waals surface area contributed by atoms with Crippen LogP contribution in [0.3, 0.4) is 0 Å². The van der Waals surface area contributed by atoms with Gasteiger partial charge in [0, 0.05) is 10.2 Å². The highest BCUT2D eigenvalue weighted by Gasteiger charge is 2.13. The van der Waals surface area contributed by atoms with Crippen molar-refractivity contribution in [2.24, 2.45) is 0 Å². The van der Waals surface area contributed by atoms with Gasteiger partial charge in [-0.2, -0.15) is 0 Å². The number of phenolic OH excluding ortho intramolecular Hbond substituents is 1. The predicted molar refractivity (Wildman–Crippen MR) is 74.6 cm³/mol. The molecule has 0 aromatic heterocycles. The molecule has 2 rings (SSSR count). The summed E-state index contributed by atoms with van der Waals surface area (Å²) in [5.41, 5.74) is 6.00. The molecule has 0 heterocycles. The lowest BCUT2D eigenvalue weighted by atomic mass is 10.1. The third-order valence-electron chi connectivity index (χ3n) is 2.47. The van der Waals surface area contributed by atoms with Gasteiger partial charge < -0.3 is 16.2 Å². The van der Waals surface area contributed by atoms with Crippen molar-refractivity contribution in [3.8, 4) is 5.75 Å². The number of rotatable bonds is 2. The second-order valence-corrected chi connectivity index (χ2v) is 4.76. The number of carbonyl (C=O) groups excluding carboxylic acids is 1. The molecule has 4 N–H and O–H groups in total. The van der Waals surface area contributed by atoms with Crippen molar-refractivity contribution in [3.63, 3.8) is 0 Å². The van der Waals surface area contributed by atoms with Crippen LogP contribution in [0.4, 0.5) is 15.8 Å². The van der Waals surface area contributed by atoms with E-state index < -0.39 is 11.7 Å². The molecule has 0 aliphatic carbocycles. The number of hydrogen-bond donors (Lipinski definition) is 3. The van der Waals surface area contributed by atoms with Crippen LogP contribution >= 0.6 is 15.9 Å². The lowest BCUT2D eigenvalue weighted by Gasteiger charge is -2.09. The Bertz CT molecular complexity index is 647. The molecule has 0 aliphatic heterocycles. The molecule has 1 amide bonds. The number of phenols is 1. The van der Waals surface area contributed by atoms with Crippen LogP contribution in [0.2, 0.25) is 0 Å². The van der Waals surface area contributed by atoms with E-state index in [-0.39, 0.29) is 22.7 Å². The molecule has 2 aromatic carbocycles. The lowest BCUT2D eigenvalue weighted by molar-refractivity contribution is 0.102. The number of aromatic hydroxyl groups is 1. The highest BCUT2D eigenvalue weighted by molar-refractivity contribution is 9.10. The quantitative estimate of drug-likeness (QED) is 0.586. The molecule has 0 fully saturated rings. The van der Waals surface area contributed by atoms with Gasteiger partial charge >= 0.3 is 0 Å². The van der Waals surface area contributed by atoms with Gasteiger partial charge in [0.15, 0.2) is 0 Å². The maximum absolute atomic E-state index is 13.1. The van der Waals surface area contributed by atoms with E-state index in [4.69, 9.17) is 5.73 Å². The second-order valence-electron chi connectivity index (χ2n) is 3.85. The van der Waals surface area contributed by atoms with Crippen molar-refractivity contribution in [3.05, 3.63) is 52.3 Å². The Hall–Kier alpha value is -2.08. The van der Waals surface area contributed by atoms with E-state index in [1.165, 1.54) is 24.3 Å². The number of nitrogens with two attached hydrogens (primary N) is 1. The van der Waals surface area contributed by atoms with Crippen LogP contribution in [0.1, 0.15) is 10.4 Å². The minimum atomic E-state index is -0.592. The molecule has 0 unspecified atom stereocenters. The Kier molecular flexibility index (Phi) is 3.71. The number of nitrogen functional groups attached to an aromatic ring is 1. The zero-order chi connectivity index (χ0) is 14.0. The maximum Gasteiger partial charge on any atom is 0.257 e. The number of benzene rings is 2. The van der Waals surface area contributed by atoms with Crippen molar-refractivity contribution >= 4 is 33.2 Å². The molecule has 98 valence electrons. The molecule has 0 radical (unpaired) electrons. The molecule has 4 nitrogen and oxygen atoms in total. The fourth-order valence-electron chi connectivity index (χ4n) is 1.52. The van der Waals surface area contributed by atoms with E-state index in [2.05, 4.69) is 21.2 Å². The van der Waals surface area contributed by atoms with E-state index in [9.17, 15) is 14.3 Å². The van der Waals surface area contributed by atoms with Crippen LogP contribution in [0.15, 0.2) is 40.9 Å². The summed E-state index contributed by atoms with van der Waals surface area (Å²) in [6.07, 6.45) is 0. The van der Waals surface area contributed by atoms with Crippen LogP contribution in [0, 0.1) is 5.82 Å². The Morgan fingerprint density at radius 1 is 1.26 bits per heavy atom. The first-order valence-electron chi connectivity index (χ1n) is 5.32. The fourth-order valence-corrected chi connectivity index (χ4v) is 1.88. The SMILES string of the molecule is Nc1ccc(F)cc1C(=O)Nc1cc(Br)ccc1O. The zero-order valence-corrected chi connectivity index (χ0v) is 11.2. The van der Waals surface area contributed by atoms with Gasteiger partial charge in [-0.15, -0.1) is 0 Å². The third kappa shape index (κ3) is 3.03. The Balaban J connectivity index is 2.30. The average Bonchev–Trinajstić information content (AvgIpc) is 2.36. The largest absolute Gasteiger partial charge is 0.506 e. The molecule has 0 atom stereocenters. The summed E-state index contributed by atoms with van der Waals surface area (Å²) in [7, 11) is 0. The Morgan fingerprint density at radius 2 is 2.00 bits per heavy atom. The van der Waals surface area contributed by atoms with E-state index >= 15 is 0 Å². The number of hydrogen-bond acceptors (Lipinski definition) is 3. The lowest BCUT2D eigenvalue weighted by Crippen LogP contribution is -2.14. The summed E-state index contributed by atoms with van der Waals surface area (Å²) < 4.78 is 13.8. The summed E-state index contributed by atoms with van der Waals surface area (Å²) in [4.78, 5) is 12.0. The molecule has 6 heteroatoms. The van der Waals surface area contributed by atoms with Crippen LogP contribution in [-0.2, 0) is 0 Å². The van der Waals surface area contributed by atoms with Gasteiger partial charge in [-0.1, -0.05) is 15.9 Å². The van der Waals surface area contributed by atoms with Crippen LogP contribution in [0.25, 0.3) is 0 Å². The highest BCUT2D eigenvalue weighted by Crippen LogP contribution is 2.27. The van der Waals surface area contributed by atoms with Gasteiger partial charge in [0.25, 0.3) is 5.91 Å². The minimum absolute atomic E-state index is 0.0133. The first-order chi connectivity index (χ1) is 8.97. The summed E-state index contributed by atoms with van der Waals surface area (Å²) in [6.45, 7) is 0. The van der Waals surface area contributed by atoms with Crippen molar-refractivity contribution in [2.75, 3.05) is 11.1 Å². The third-order valence-corrected chi connectivity index (χ3v) is 2.96.